The van der Waals surface area contributed by atoms with Gasteiger partial charge in [-0.1, -0.05) is 12.2 Å². The molecule has 6 nitrogen and oxygen atoms in total. The van der Waals surface area contributed by atoms with Crippen molar-refractivity contribution in [2.75, 3.05) is 10.6 Å². The number of nitrogens with zero attached hydrogens (tertiary/aromatic N) is 1. The van der Waals surface area contributed by atoms with Gasteiger partial charge in [-0.25, -0.2) is 0 Å². The average Bonchev–Trinajstić information content (AvgIpc) is 2.47. The molecule has 0 fully saturated rings. The predicted molar refractivity (Wildman–Crippen MR) is 80.4 cm³/mol. The Bertz CT molecular complexity index is 625. The van der Waals surface area contributed by atoms with Crippen LogP contribution in [-0.4, -0.2) is 16.9 Å². The standard InChI is InChI=1S/C15H17N3O3/c19-15-7-6-10-8-13(16-11-4-2-1-3-5-11)14(18(20)21)9-12(10)17-15/h1-2,8-9,11,16H,3-7H2,(H,17,19). The van der Waals surface area contributed by atoms with Crippen molar-refractivity contribution in [2.45, 2.75) is 38.1 Å². The quantitative estimate of drug-likeness (QED) is 0.508. The molecular weight excluding hydrogens is 270 g/mol. The molecule has 0 saturated heterocycles. The van der Waals surface area contributed by atoms with Crippen LogP contribution in [0.25, 0.3) is 0 Å². The normalized spacial score (nSPS) is 20.6. The highest BCUT2D eigenvalue weighted by Gasteiger charge is 2.24. The molecule has 0 bridgehead atoms. The minimum atomic E-state index is -0.401. The first-order chi connectivity index (χ1) is 10.1. The van der Waals surface area contributed by atoms with Gasteiger partial charge in [-0.15, -0.1) is 0 Å². The molecule has 0 aromatic heterocycles. The SMILES string of the molecule is O=C1CCc2cc(NC3CC=CCC3)c([N+](=O)[O-])cc2N1. The second-order valence-electron chi connectivity index (χ2n) is 5.46. The number of carbonyl (C=O) groups excluding carboxylic acids is 1. The van der Waals surface area contributed by atoms with Crippen LogP contribution in [-0.2, 0) is 11.2 Å². The van der Waals surface area contributed by atoms with Crippen molar-refractivity contribution in [3.05, 3.63) is 40.0 Å². The van der Waals surface area contributed by atoms with Gasteiger partial charge in [0, 0.05) is 18.5 Å². The zero-order valence-corrected chi connectivity index (χ0v) is 11.6. The molecule has 2 aliphatic rings. The molecular formula is C15H17N3O3. The number of nitro benzene ring substituents is 1. The lowest BCUT2D eigenvalue weighted by Gasteiger charge is -2.23. The number of rotatable bonds is 3. The van der Waals surface area contributed by atoms with E-state index in [2.05, 4.69) is 22.8 Å². The first kappa shape index (κ1) is 13.6. The monoisotopic (exact) mass is 287 g/mol. The Hall–Kier alpha value is -2.37. The number of anilines is 2. The summed E-state index contributed by atoms with van der Waals surface area (Å²) in [6.45, 7) is 0. The van der Waals surface area contributed by atoms with E-state index in [0.717, 1.165) is 24.8 Å². The summed E-state index contributed by atoms with van der Waals surface area (Å²) in [6, 6.07) is 3.50. The number of nitro groups is 1. The number of carbonyl (C=O) groups is 1. The van der Waals surface area contributed by atoms with Crippen LogP contribution in [0.5, 0.6) is 0 Å². The maximum Gasteiger partial charge on any atom is 0.294 e. The minimum Gasteiger partial charge on any atom is -0.376 e. The van der Waals surface area contributed by atoms with Gasteiger partial charge in [-0.05, 0) is 37.3 Å². The van der Waals surface area contributed by atoms with Gasteiger partial charge in [0.05, 0.1) is 10.6 Å². The van der Waals surface area contributed by atoms with Gasteiger partial charge in [0.1, 0.15) is 5.69 Å². The van der Waals surface area contributed by atoms with E-state index in [4.69, 9.17) is 0 Å². The van der Waals surface area contributed by atoms with Gasteiger partial charge in [0.15, 0.2) is 0 Å². The van der Waals surface area contributed by atoms with Gasteiger partial charge in [0.2, 0.25) is 5.91 Å². The van der Waals surface area contributed by atoms with Gasteiger partial charge in [-0.2, -0.15) is 0 Å². The lowest BCUT2D eigenvalue weighted by atomic mass is 9.99. The summed E-state index contributed by atoms with van der Waals surface area (Å²) in [5.74, 6) is -0.0880. The Labute approximate surface area is 122 Å². The first-order valence-electron chi connectivity index (χ1n) is 7.16. The summed E-state index contributed by atoms with van der Waals surface area (Å²) in [4.78, 5) is 22.3. The van der Waals surface area contributed by atoms with Gasteiger partial charge in [0.25, 0.3) is 5.69 Å². The summed E-state index contributed by atoms with van der Waals surface area (Å²) in [5.41, 5.74) is 2.08. The Morgan fingerprint density at radius 3 is 2.86 bits per heavy atom. The van der Waals surface area contributed by atoms with Crippen LogP contribution in [0, 0.1) is 10.1 Å². The highest BCUT2D eigenvalue weighted by Crippen LogP contribution is 2.35. The molecule has 110 valence electrons. The Morgan fingerprint density at radius 1 is 1.29 bits per heavy atom. The lowest BCUT2D eigenvalue weighted by molar-refractivity contribution is -0.383. The maximum atomic E-state index is 11.4. The summed E-state index contributed by atoms with van der Waals surface area (Å²) in [6.07, 6.45) is 8.13. The summed E-state index contributed by atoms with van der Waals surface area (Å²) < 4.78 is 0. The van der Waals surface area contributed by atoms with E-state index in [1.807, 2.05) is 6.07 Å². The molecule has 1 aliphatic heterocycles. The van der Waals surface area contributed by atoms with Crippen molar-refractivity contribution < 1.29 is 9.72 Å². The van der Waals surface area contributed by atoms with Crippen molar-refractivity contribution in [1.29, 1.82) is 0 Å². The molecule has 1 atom stereocenters. The maximum absolute atomic E-state index is 11.4. The van der Waals surface area contributed by atoms with Crippen molar-refractivity contribution in [3.8, 4) is 0 Å². The number of fused-ring (bicyclic) bond motifs is 1. The first-order valence-corrected chi connectivity index (χ1v) is 7.16. The molecule has 21 heavy (non-hydrogen) atoms. The third kappa shape index (κ3) is 2.89. The molecule has 3 rings (SSSR count). The topological polar surface area (TPSA) is 84.3 Å². The van der Waals surface area contributed by atoms with E-state index >= 15 is 0 Å². The van der Waals surface area contributed by atoms with Crippen LogP contribution < -0.4 is 10.6 Å². The molecule has 1 heterocycles. The number of hydrogen-bond acceptors (Lipinski definition) is 4. The lowest BCUT2D eigenvalue weighted by Crippen LogP contribution is -2.23. The third-order valence-electron chi connectivity index (χ3n) is 3.94. The number of hydrogen-bond donors (Lipinski definition) is 2. The summed E-state index contributed by atoms with van der Waals surface area (Å²) in [5, 5.41) is 17.3. The number of aryl methyl sites for hydroxylation is 1. The molecule has 0 spiro atoms. The molecule has 1 aromatic rings. The van der Waals surface area contributed by atoms with Crippen molar-refractivity contribution in [2.24, 2.45) is 0 Å². The van der Waals surface area contributed by atoms with Crippen molar-refractivity contribution in [3.63, 3.8) is 0 Å². The highest BCUT2D eigenvalue weighted by atomic mass is 16.6. The van der Waals surface area contributed by atoms with Crippen molar-refractivity contribution in [1.82, 2.24) is 0 Å². The summed E-state index contributed by atoms with van der Waals surface area (Å²) in [7, 11) is 0. The predicted octanol–water partition coefficient (Wildman–Crippen LogP) is 3.00. The second-order valence-corrected chi connectivity index (χ2v) is 5.46. The Balaban J connectivity index is 1.92. The van der Waals surface area contributed by atoms with E-state index in [9.17, 15) is 14.9 Å². The van der Waals surface area contributed by atoms with E-state index in [1.165, 1.54) is 6.07 Å². The van der Waals surface area contributed by atoms with E-state index in [-0.39, 0.29) is 17.6 Å². The smallest absolute Gasteiger partial charge is 0.294 e. The van der Waals surface area contributed by atoms with Gasteiger partial charge >= 0.3 is 0 Å². The molecule has 1 aliphatic carbocycles. The Kier molecular flexibility index (Phi) is 3.60. The molecule has 0 saturated carbocycles. The van der Waals surface area contributed by atoms with E-state index < -0.39 is 4.92 Å². The second kappa shape index (κ2) is 5.55. The fourth-order valence-electron chi connectivity index (χ4n) is 2.83. The number of allylic oxidation sites excluding steroid dienone is 1. The Morgan fingerprint density at radius 2 is 2.14 bits per heavy atom. The molecule has 1 amide bonds. The van der Waals surface area contributed by atoms with E-state index in [0.29, 0.717) is 24.2 Å². The third-order valence-corrected chi connectivity index (χ3v) is 3.94. The summed E-state index contributed by atoms with van der Waals surface area (Å²) >= 11 is 0. The largest absolute Gasteiger partial charge is 0.376 e. The molecule has 0 radical (unpaired) electrons. The number of amides is 1. The van der Waals surface area contributed by atoms with Crippen LogP contribution in [0.4, 0.5) is 17.1 Å². The van der Waals surface area contributed by atoms with Crippen LogP contribution in [0.3, 0.4) is 0 Å². The number of benzene rings is 1. The van der Waals surface area contributed by atoms with Crippen LogP contribution in [0.1, 0.15) is 31.2 Å². The van der Waals surface area contributed by atoms with Crippen LogP contribution in [0.15, 0.2) is 24.3 Å². The zero-order valence-electron chi connectivity index (χ0n) is 11.6. The molecule has 1 aromatic carbocycles. The zero-order chi connectivity index (χ0) is 14.8. The molecule has 6 heteroatoms. The van der Waals surface area contributed by atoms with Crippen molar-refractivity contribution >= 4 is 23.0 Å². The van der Waals surface area contributed by atoms with Crippen LogP contribution >= 0.6 is 0 Å². The average molecular weight is 287 g/mol. The fraction of sp³-hybridized carbons (Fsp3) is 0.400. The van der Waals surface area contributed by atoms with Gasteiger partial charge < -0.3 is 10.6 Å². The molecule has 1 unspecified atom stereocenters. The van der Waals surface area contributed by atoms with Crippen LogP contribution in [0.2, 0.25) is 0 Å². The minimum absolute atomic E-state index is 0.0190. The fourth-order valence-corrected chi connectivity index (χ4v) is 2.83. The number of nitrogens with one attached hydrogen (secondary N) is 2. The van der Waals surface area contributed by atoms with E-state index in [1.54, 1.807) is 0 Å². The van der Waals surface area contributed by atoms with Gasteiger partial charge in [-0.3, -0.25) is 14.9 Å². The molecule has 2 N–H and O–H groups in total. The highest BCUT2D eigenvalue weighted by molar-refractivity contribution is 5.95.